The van der Waals surface area contributed by atoms with Crippen LogP contribution in [-0.4, -0.2) is 29.7 Å². The van der Waals surface area contributed by atoms with Crippen LogP contribution in [0.3, 0.4) is 0 Å². The number of hydrogen-bond acceptors (Lipinski definition) is 6. The van der Waals surface area contributed by atoms with Gasteiger partial charge in [-0.2, -0.15) is 0 Å². The quantitative estimate of drug-likeness (QED) is 0.138. The second-order valence-corrected chi connectivity index (χ2v) is 14.1. The van der Waals surface area contributed by atoms with E-state index in [0.29, 0.717) is 18.8 Å². The Balaban J connectivity index is 1.34. The number of hydrogen-bond donors (Lipinski definition) is 2. The van der Waals surface area contributed by atoms with E-state index in [9.17, 15) is 9.70 Å². The molecule has 1 amide bonds. The molecular formula is C37H50N4O3. The minimum atomic E-state index is -0.689. The van der Waals surface area contributed by atoms with Gasteiger partial charge in [-0.05, 0) is 104 Å². The van der Waals surface area contributed by atoms with Gasteiger partial charge in [0, 0.05) is 19.6 Å². The number of nitrogens with two attached hydrogens (primary N) is 1. The third-order valence-electron chi connectivity index (χ3n) is 8.44. The number of fused-ring (bicyclic) bond motifs is 1. The number of amides is 1. The van der Waals surface area contributed by atoms with E-state index in [4.69, 9.17) is 10.5 Å². The number of aryl methyl sites for hydroxylation is 1. The predicted octanol–water partition coefficient (Wildman–Crippen LogP) is 8.85. The minimum absolute atomic E-state index is 0.182. The van der Waals surface area contributed by atoms with E-state index in [-0.39, 0.29) is 11.5 Å². The number of ether oxygens (including phenoxy) is 1. The van der Waals surface area contributed by atoms with E-state index in [1.807, 2.05) is 58.0 Å². The van der Waals surface area contributed by atoms with Crippen molar-refractivity contribution < 1.29 is 9.53 Å². The van der Waals surface area contributed by atoms with Crippen LogP contribution < -0.4 is 11.1 Å². The van der Waals surface area contributed by atoms with E-state index in [1.54, 1.807) is 4.90 Å². The molecule has 0 bridgehead atoms. The molecule has 0 aromatic heterocycles. The largest absolute Gasteiger partial charge is 0.444 e. The first kappa shape index (κ1) is 33.0. The summed E-state index contributed by atoms with van der Waals surface area (Å²) in [6, 6.07) is 18.2. The van der Waals surface area contributed by atoms with E-state index >= 15 is 0 Å². The zero-order chi connectivity index (χ0) is 32.1. The first-order chi connectivity index (χ1) is 20.8. The van der Waals surface area contributed by atoms with Crippen molar-refractivity contribution in [1.29, 1.82) is 0 Å². The van der Waals surface area contributed by atoms with Crippen LogP contribution in [0.1, 0.15) is 106 Å². The Kier molecular flexibility index (Phi) is 10.4. The van der Waals surface area contributed by atoms with Gasteiger partial charge >= 0.3 is 6.09 Å². The number of anilines is 2. The van der Waals surface area contributed by atoms with Crippen LogP contribution in [0.25, 0.3) is 0 Å². The monoisotopic (exact) mass is 598 g/mol. The zero-order valence-electron chi connectivity index (χ0n) is 27.6. The van der Waals surface area contributed by atoms with Gasteiger partial charge in [0.1, 0.15) is 11.6 Å². The van der Waals surface area contributed by atoms with Gasteiger partial charge in [-0.1, -0.05) is 80.9 Å². The zero-order valence-corrected chi connectivity index (χ0v) is 27.6. The van der Waals surface area contributed by atoms with Crippen LogP contribution in [0, 0.1) is 11.8 Å². The molecule has 3 aromatic carbocycles. The van der Waals surface area contributed by atoms with Crippen molar-refractivity contribution in [3.63, 3.8) is 0 Å². The normalized spacial score (nSPS) is 14.1. The molecule has 1 aliphatic heterocycles. The predicted molar refractivity (Wildman–Crippen MR) is 181 cm³/mol. The highest BCUT2D eigenvalue weighted by Crippen LogP contribution is 2.36. The average Bonchev–Trinajstić information content (AvgIpc) is 2.96. The van der Waals surface area contributed by atoms with E-state index in [0.717, 1.165) is 66.6 Å². The first-order valence-corrected chi connectivity index (χ1v) is 15.9. The maximum atomic E-state index is 12.7. The maximum absolute atomic E-state index is 12.7. The SMILES string of the molecule is Cc1c(C(N=O)c2ccc3c(c2)CN(C(=O)OC(C)(C)C)CC3)ccc(NCCCCCc2ccc(C(C)(C)C)cc2)c1N. The molecule has 4 rings (SSSR count). The number of carbonyl (C=O) groups is 1. The van der Waals surface area contributed by atoms with Crippen molar-refractivity contribution in [3.05, 3.63) is 98.4 Å². The van der Waals surface area contributed by atoms with Gasteiger partial charge in [0.05, 0.1) is 11.4 Å². The number of benzene rings is 3. The van der Waals surface area contributed by atoms with Gasteiger partial charge in [-0.3, -0.25) is 0 Å². The summed E-state index contributed by atoms with van der Waals surface area (Å²) in [4.78, 5) is 26.6. The van der Waals surface area contributed by atoms with Crippen LogP contribution in [-0.2, 0) is 29.5 Å². The lowest BCUT2D eigenvalue weighted by Gasteiger charge is -2.31. The molecule has 0 saturated heterocycles. The lowest BCUT2D eigenvalue weighted by molar-refractivity contribution is 0.0224. The van der Waals surface area contributed by atoms with Gasteiger partial charge < -0.3 is 20.7 Å². The fraction of sp³-hybridized carbons (Fsp3) is 0.486. The van der Waals surface area contributed by atoms with Gasteiger partial charge in [0.15, 0.2) is 0 Å². The molecule has 3 N–H and O–H groups in total. The fourth-order valence-corrected chi connectivity index (χ4v) is 5.75. The van der Waals surface area contributed by atoms with Crippen LogP contribution in [0.2, 0.25) is 0 Å². The lowest BCUT2D eigenvalue weighted by atomic mass is 9.86. The standard InChI is InChI=1S/C37H50N4O3/c1-25-31(34(40-43)28-15-14-27-20-22-41(24-29(27)23-28)35(42)44-37(5,6)7)18-19-32(33(25)38)39-21-10-8-9-11-26-12-16-30(17-13-26)36(2,3)4/h12-19,23,34,39H,8-11,20-22,24,38H2,1-7H3. The fourth-order valence-electron chi connectivity index (χ4n) is 5.75. The van der Waals surface area contributed by atoms with Crippen LogP contribution >= 0.6 is 0 Å². The Morgan fingerprint density at radius 2 is 1.70 bits per heavy atom. The van der Waals surface area contributed by atoms with Gasteiger partial charge in [0.2, 0.25) is 0 Å². The number of nitroso groups, excluding NO2 is 1. The molecule has 1 aliphatic rings. The highest BCUT2D eigenvalue weighted by atomic mass is 16.6. The molecule has 1 unspecified atom stereocenters. The van der Waals surface area contributed by atoms with Gasteiger partial charge in [0.25, 0.3) is 0 Å². The Hall–Kier alpha value is -3.87. The summed E-state index contributed by atoms with van der Waals surface area (Å²) in [7, 11) is 0. The summed E-state index contributed by atoms with van der Waals surface area (Å²) in [5, 5.41) is 7.01. The van der Waals surface area contributed by atoms with Gasteiger partial charge in [-0.25, -0.2) is 4.79 Å². The molecule has 0 fully saturated rings. The molecule has 7 heteroatoms. The molecular weight excluding hydrogens is 548 g/mol. The first-order valence-electron chi connectivity index (χ1n) is 15.9. The smallest absolute Gasteiger partial charge is 0.410 e. The Labute approximate surface area is 263 Å². The summed E-state index contributed by atoms with van der Waals surface area (Å²) in [5.74, 6) is 0. The van der Waals surface area contributed by atoms with Crippen molar-refractivity contribution in [2.24, 2.45) is 5.18 Å². The van der Waals surface area contributed by atoms with Gasteiger partial charge in [-0.15, -0.1) is 4.91 Å². The lowest BCUT2D eigenvalue weighted by Crippen LogP contribution is -2.39. The summed E-state index contributed by atoms with van der Waals surface area (Å²) in [5.41, 5.74) is 15.1. The number of nitrogens with zero attached hydrogens (tertiary/aromatic N) is 2. The van der Waals surface area contributed by atoms with E-state index in [2.05, 4.69) is 55.5 Å². The second kappa shape index (κ2) is 13.8. The number of unbranched alkanes of at least 4 members (excludes halogenated alkanes) is 2. The second-order valence-electron chi connectivity index (χ2n) is 14.1. The summed E-state index contributed by atoms with van der Waals surface area (Å²) in [6.45, 7) is 16.2. The van der Waals surface area contributed by atoms with Crippen molar-refractivity contribution in [1.82, 2.24) is 4.90 Å². The molecule has 44 heavy (non-hydrogen) atoms. The maximum Gasteiger partial charge on any atom is 0.410 e. The Morgan fingerprint density at radius 3 is 2.36 bits per heavy atom. The minimum Gasteiger partial charge on any atom is -0.444 e. The molecule has 0 radical (unpaired) electrons. The Morgan fingerprint density at radius 1 is 0.977 bits per heavy atom. The van der Waals surface area contributed by atoms with Crippen LogP contribution in [0.4, 0.5) is 16.2 Å². The average molecular weight is 599 g/mol. The van der Waals surface area contributed by atoms with E-state index < -0.39 is 11.6 Å². The summed E-state index contributed by atoms with van der Waals surface area (Å²) < 4.78 is 5.58. The molecule has 236 valence electrons. The summed E-state index contributed by atoms with van der Waals surface area (Å²) >= 11 is 0. The molecule has 1 atom stereocenters. The molecule has 0 saturated carbocycles. The molecule has 7 nitrogen and oxygen atoms in total. The topological polar surface area (TPSA) is 97.0 Å². The number of carbonyl (C=O) groups excluding carboxylic acids is 1. The van der Waals surface area contributed by atoms with Crippen molar-refractivity contribution in [3.8, 4) is 0 Å². The Bertz CT molecular complexity index is 1450. The highest BCUT2D eigenvalue weighted by molar-refractivity contribution is 5.72. The molecule has 3 aromatic rings. The highest BCUT2D eigenvalue weighted by Gasteiger charge is 2.27. The molecule has 0 aliphatic carbocycles. The molecule has 0 spiro atoms. The van der Waals surface area contributed by atoms with Crippen LogP contribution in [0.15, 0.2) is 59.8 Å². The number of nitrogens with one attached hydrogen (secondary N) is 1. The summed E-state index contributed by atoms with van der Waals surface area (Å²) in [6.07, 6.45) is 4.83. The van der Waals surface area contributed by atoms with Crippen molar-refractivity contribution in [2.45, 2.75) is 104 Å². The van der Waals surface area contributed by atoms with Crippen molar-refractivity contribution in [2.75, 3.05) is 24.1 Å². The third kappa shape index (κ3) is 8.40. The molecule has 1 heterocycles. The number of rotatable bonds is 10. The van der Waals surface area contributed by atoms with Crippen LogP contribution in [0.5, 0.6) is 0 Å². The number of nitrogen functional groups attached to an aromatic ring is 1. The van der Waals surface area contributed by atoms with E-state index in [1.165, 1.54) is 16.7 Å². The third-order valence-corrected chi connectivity index (χ3v) is 8.44. The van der Waals surface area contributed by atoms with Crippen molar-refractivity contribution >= 4 is 17.5 Å².